The Kier molecular flexibility index (Phi) is 6.02. The zero-order chi connectivity index (χ0) is 24.5. The molecule has 0 amide bonds. The molecule has 9 heteroatoms. The molecule has 0 saturated carbocycles. The number of methoxy groups -OCH3 is 1. The molecule has 0 atom stereocenters. The van der Waals surface area contributed by atoms with Crippen LogP contribution in [0.4, 0.5) is 13.2 Å². The van der Waals surface area contributed by atoms with E-state index >= 15 is 0 Å². The van der Waals surface area contributed by atoms with Gasteiger partial charge in [0.25, 0.3) is 5.76 Å². The van der Waals surface area contributed by atoms with Crippen LogP contribution in [0, 0.1) is 6.92 Å². The van der Waals surface area contributed by atoms with Crippen molar-refractivity contribution in [3.8, 4) is 23.0 Å². The molecule has 0 N–H and O–H groups in total. The van der Waals surface area contributed by atoms with Gasteiger partial charge in [-0.3, -0.25) is 4.79 Å². The molecule has 1 heterocycles. The van der Waals surface area contributed by atoms with Gasteiger partial charge in [0.1, 0.15) is 22.8 Å². The molecular weight excluding hydrogens is 453 g/mol. The molecule has 0 radical (unpaired) electrons. The molecule has 4 aromatic rings. The lowest BCUT2D eigenvalue weighted by atomic mass is 10.1. The number of benzene rings is 3. The van der Waals surface area contributed by atoms with Gasteiger partial charge in [-0.15, -0.1) is 0 Å². The Balaban J connectivity index is 1.74. The van der Waals surface area contributed by atoms with Crippen molar-refractivity contribution in [2.24, 2.45) is 0 Å². The SMILES string of the molecule is COc1cccc(Oc2c(C(F)(F)F)oc3cc(OC(=O)c4ccc(C)cc4)ccc3c2=O)c1. The van der Waals surface area contributed by atoms with Crippen LogP contribution in [0.1, 0.15) is 21.7 Å². The highest BCUT2D eigenvalue weighted by Gasteiger charge is 2.40. The van der Waals surface area contributed by atoms with Gasteiger partial charge >= 0.3 is 12.1 Å². The second kappa shape index (κ2) is 8.93. The van der Waals surface area contributed by atoms with Crippen molar-refractivity contribution in [2.75, 3.05) is 7.11 Å². The summed E-state index contributed by atoms with van der Waals surface area (Å²) in [5.41, 5.74) is -0.252. The molecule has 0 aliphatic carbocycles. The van der Waals surface area contributed by atoms with Gasteiger partial charge in [0.05, 0.1) is 18.1 Å². The molecule has 0 spiro atoms. The van der Waals surface area contributed by atoms with Gasteiger partial charge in [0, 0.05) is 12.1 Å². The lowest BCUT2D eigenvalue weighted by Gasteiger charge is -2.14. The monoisotopic (exact) mass is 470 g/mol. The first-order chi connectivity index (χ1) is 16.2. The molecule has 0 saturated heterocycles. The fourth-order valence-corrected chi connectivity index (χ4v) is 3.14. The molecule has 0 unspecified atom stereocenters. The molecule has 3 aromatic carbocycles. The Morgan fingerprint density at radius 1 is 0.912 bits per heavy atom. The summed E-state index contributed by atoms with van der Waals surface area (Å²) in [5, 5.41) is -0.180. The molecule has 0 fully saturated rings. The summed E-state index contributed by atoms with van der Waals surface area (Å²) >= 11 is 0. The minimum atomic E-state index is -5.03. The molecule has 1 aromatic heterocycles. The number of halogens is 3. The highest BCUT2D eigenvalue weighted by Crippen LogP contribution is 2.39. The van der Waals surface area contributed by atoms with Crippen LogP contribution in [0.5, 0.6) is 23.0 Å². The van der Waals surface area contributed by atoms with Crippen LogP contribution >= 0.6 is 0 Å². The minimum Gasteiger partial charge on any atom is -0.497 e. The highest BCUT2D eigenvalue weighted by molar-refractivity contribution is 5.91. The van der Waals surface area contributed by atoms with Crippen molar-refractivity contribution in [3.63, 3.8) is 0 Å². The maximum atomic E-state index is 13.7. The van der Waals surface area contributed by atoms with E-state index in [9.17, 15) is 22.8 Å². The summed E-state index contributed by atoms with van der Waals surface area (Å²) in [6.45, 7) is 1.85. The lowest BCUT2D eigenvalue weighted by molar-refractivity contribution is -0.154. The van der Waals surface area contributed by atoms with Gasteiger partial charge in [0.2, 0.25) is 11.2 Å². The fourth-order valence-electron chi connectivity index (χ4n) is 3.14. The van der Waals surface area contributed by atoms with Gasteiger partial charge in [-0.2, -0.15) is 13.2 Å². The maximum absolute atomic E-state index is 13.7. The molecule has 0 aliphatic rings. The Morgan fingerprint density at radius 3 is 2.29 bits per heavy atom. The number of rotatable bonds is 5. The van der Waals surface area contributed by atoms with E-state index in [1.54, 1.807) is 30.3 Å². The number of ether oxygens (including phenoxy) is 3. The topological polar surface area (TPSA) is 75.0 Å². The number of alkyl halides is 3. The molecule has 34 heavy (non-hydrogen) atoms. The van der Waals surface area contributed by atoms with Gasteiger partial charge < -0.3 is 18.6 Å². The van der Waals surface area contributed by atoms with Crippen molar-refractivity contribution in [2.45, 2.75) is 13.1 Å². The zero-order valence-electron chi connectivity index (χ0n) is 17.9. The average Bonchev–Trinajstić information content (AvgIpc) is 2.80. The first-order valence-electron chi connectivity index (χ1n) is 9.94. The van der Waals surface area contributed by atoms with Crippen LogP contribution in [0.3, 0.4) is 0 Å². The number of carbonyl (C=O) groups excluding carboxylic acids is 1. The van der Waals surface area contributed by atoms with E-state index in [1.807, 2.05) is 6.92 Å². The summed E-state index contributed by atoms with van der Waals surface area (Å²) in [4.78, 5) is 25.3. The maximum Gasteiger partial charge on any atom is 0.453 e. The second-order valence-corrected chi connectivity index (χ2v) is 7.28. The van der Waals surface area contributed by atoms with Gasteiger partial charge in [-0.1, -0.05) is 23.8 Å². The predicted molar refractivity (Wildman–Crippen MR) is 117 cm³/mol. The van der Waals surface area contributed by atoms with Crippen LogP contribution in [0.2, 0.25) is 0 Å². The van der Waals surface area contributed by atoms with E-state index in [2.05, 4.69) is 0 Å². The van der Waals surface area contributed by atoms with Crippen LogP contribution in [-0.4, -0.2) is 13.1 Å². The first kappa shape index (κ1) is 22.9. The highest BCUT2D eigenvalue weighted by atomic mass is 19.4. The van der Waals surface area contributed by atoms with Gasteiger partial charge in [0.15, 0.2) is 0 Å². The molecular formula is C25H17F3O6. The number of hydrogen-bond donors (Lipinski definition) is 0. The third-order valence-electron chi connectivity index (χ3n) is 4.84. The molecule has 4 rings (SSSR count). The fraction of sp³-hybridized carbons (Fsp3) is 0.120. The normalized spacial score (nSPS) is 11.3. The van der Waals surface area contributed by atoms with Crippen molar-refractivity contribution in [1.82, 2.24) is 0 Å². The number of carbonyl (C=O) groups is 1. The van der Waals surface area contributed by atoms with E-state index in [1.165, 1.54) is 37.4 Å². The Morgan fingerprint density at radius 2 is 1.62 bits per heavy atom. The van der Waals surface area contributed by atoms with Crippen LogP contribution in [-0.2, 0) is 6.18 Å². The summed E-state index contributed by atoms with van der Waals surface area (Å²) in [6, 6.07) is 15.9. The third kappa shape index (κ3) is 4.73. The van der Waals surface area contributed by atoms with E-state index in [0.717, 1.165) is 11.6 Å². The minimum absolute atomic E-state index is 0.0415. The largest absolute Gasteiger partial charge is 0.497 e. The van der Waals surface area contributed by atoms with Crippen LogP contribution in [0.25, 0.3) is 11.0 Å². The molecule has 174 valence electrons. The zero-order valence-corrected chi connectivity index (χ0v) is 17.9. The predicted octanol–water partition coefficient (Wildman–Crippen LogP) is 6.14. The van der Waals surface area contributed by atoms with Crippen molar-refractivity contribution in [3.05, 3.63) is 93.8 Å². The van der Waals surface area contributed by atoms with E-state index in [4.69, 9.17) is 18.6 Å². The van der Waals surface area contributed by atoms with Gasteiger partial charge in [-0.25, -0.2) is 4.79 Å². The third-order valence-corrected chi connectivity index (χ3v) is 4.84. The van der Waals surface area contributed by atoms with Crippen molar-refractivity contribution >= 4 is 16.9 Å². The van der Waals surface area contributed by atoms with E-state index < -0.39 is 34.7 Å². The Bertz CT molecular complexity index is 1420. The number of esters is 1. The molecule has 6 nitrogen and oxygen atoms in total. The first-order valence-corrected chi connectivity index (χ1v) is 9.94. The summed E-state index contributed by atoms with van der Waals surface area (Å²) in [6.07, 6.45) is -5.03. The Labute approximate surface area is 191 Å². The van der Waals surface area contributed by atoms with Crippen LogP contribution in [0.15, 0.2) is 75.9 Å². The number of fused-ring (bicyclic) bond motifs is 1. The molecule has 0 aliphatic heterocycles. The number of aryl methyl sites for hydroxylation is 1. The Hall–Kier alpha value is -4.27. The quantitative estimate of drug-likeness (QED) is 0.258. The average molecular weight is 470 g/mol. The van der Waals surface area contributed by atoms with Gasteiger partial charge in [-0.05, 0) is 43.3 Å². The van der Waals surface area contributed by atoms with Crippen LogP contribution < -0.4 is 19.6 Å². The summed E-state index contributed by atoms with van der Waals surface area (Å²) < 4.78 is 61.8. The van der Waals surface area contributed by atoms with Crippen molar-refractivity contribution in [1.29, 1.82) is 0 Å². The van der Waals surface area contributed by atoms with E-state index in [-0.39, 0.29) is 22.4 Å². The van der Waals surface area contributed by atoms with Crippen molar-refractivity contribution < 1.29 is 36.6 Å². The summed E-state index contributed by atoms with van der Waals surface area (Å²) in [5.74, 6) is -3.14. The standard InChI is InChI=1S/C25H17F3O6/c1-14-6-8-15(9-7-14)24(30)33-18-10-11-19-20(13-18)34-23(25(26,27)28)22(21(19)29)32-17-5-3-4-16(12-17)31-2/h3-13H,1-2H3. The lowest BCUT2D eigenvalue weighted by Crippen LogP contribution is -2.15. The smallest absolute Gasteiger partial charge is 0.453 e. The van der Waals surface area contributed by atoms with E-state index in [0.29, 0.717) is 5.75 Å². The number of hydrogen-bond acceptors (Lipinski definition) is 6. The second-order valence-electron chi connectivity index (χ2n) is 7.28. The summed E-state index contributed by atoms with van der Waals surface area (Å²) in [7, 11) is 1.38. The molecule has 0 bridgehead atoms.